The normalized spacial score (nSPS) is 25.1. The van der Waals surface area contributed by atoms with Crippen LogP contribution in [-0.4, -0.2) is 40.7 Å². The number of hydrogen-bond donors (Lipinski definition) is 1. The fraction of sp³-hybridized carbons (Fsp3) is 0.333. The van der Waals surface area contributed by atoms with Gasteiger partial charge < -0.3 is 5.11 Å². The van der Waals surface area contributed by atoms with Gasteiger partial charge in [-0.1, -0.05) is 11.6 Å². The molecule has 1 saturated heterocycles. The summed E-state index contributed by atoms with van der Waals surface area (Å²) in [4.78, 5) is 16.5. The van der Waals surface area contributed by atoms with E-state index in [2.05, 4.69) is 4.98 Å². The summed E-state index contributed by atoms with van der Waals surface area (Å²) in [5.41, 5.74) is 0.0573. The lowest BCUT2D eigenvalue weighted by atomic mass is 10.2. The summed E-state index contributed by atoms with van der Waals surface area (Å²) < 4.78 is 24.2. The highest BCUT2D eigenvalue weighted by Crippen LogP contribution is 2.23. The second-order valence-electron chi connectivity index (χ2n) is 4.83. The number of fused-ring (bicyclic) bond motifs is 1. The third kappa shape index (κ3) is 2.21. The minimum atomic E-state index is -3.33. The highest BCUT2D eigenvalue weighted by Gasteiger charge is 2.38. The van der Waals surface area contributed by atoms with Crippen LogP contribution in [0.5, 0.6) is 0 Å². The number of hydrogen-bond acceptors (Lipinski definition) is 5. The molecule has 1 fully saturated rings. The quantitative estimate of drug-likeness (QED) is 0.822. The van der Waals surface area contributed by atoms with Gasteiger partial charge in [0.05, 0.1) is 40.9 Å². The standard InChI is InChI=1S/C12H11ClN2O4S/c13-7-1-2-8-9(3-7)14-6-15(12(8)17)10-4-20(18,19)5-11(10)16/h1-3,6,10-11,16H,4-5H2/t10-,11+/m1/s1. The average molecular weight is 315 g/mol. The molecule has 2 atom stereocenters. The van der Waals surface area contributed by atoms with Gasteiger partial charge in [-0.05, 0) is 18.2 Å². The number of nitrogens with zero attached hydrogens (tertiary/aromatic N) is 2. The van der Waals surface area contributed by atoms with Crippen LogP contribution in [0.4, 0.5) is 0 Å². The maximum atomic E-state index is 12.4. The van der Waals surface area contributed by atoms with Gasteiger partial charge in [-0.2, -0.15) is 0 Å². The van der Waals surface area contributed by atoms with Crippen LogP contribution in [0.3, 0.4) is 0 Å². The van der Waals surface area contributed by atoms with E-state index in [9.17, 15) is 18.3 Å². The van der Waals surface area contributed by atoms with Crippen LogP contribution in [-0.2, 0) is 9.84 Å². The number of aromatic nitrogens is 2. The molecule has 1 aliphatic rings. The van der Waals surface area contributed by atoms with Crippen LogP contribution < -0.4 is 5.56 Å². The van der Waals surface area contributed by atoms with Crippen LogP contribution in [0.15, 0.2) is 29.3 Å². The Kier molecular flexibility index (Phi) is 3.07. The largest absolute Gasteiger partial charge is 0.390 e. The van der Waals surface area contributed by atoms with Crippen LogP contribution in [0.1, 0.15) is 6.04 Å². The molecule has 8 heteroatoms. The number of rotatable bonds is 1. The van der Waals surface area contributed by atoms with E-state index in [4.69, 9.17) is 11.6 Å². The van der Waals surface area contributed by atoms with E-state index >= 15 is 0 Å². The summed E-state index contributed by atoms with van der Waals surface area (Å²) in [6.07, 6.45) is 0.166. The third-order valence-corrected chi connectivity index (χ3v) is 5.33. The summed E-state index contributed by atoms with van der Waals surface area (Å²) in [5.74, 6) is -0.586. The van der Waals surface area contributed by atoms with Gasteiger partial charge in [-0.25, -0.2) is 13.4 Å². The average Bonchev–Trinajstić information content (AvgIpc) is 2.63. The van der Waals surface area contributed by atoms with E-state index in [-0.39, 0.29) is 17.1 Å². The predicted octanol–water partition coefficient (Wildman–Crippen LogP) is 0.380. The fourth-order valence-electron chi connectivity index (χ4n) is 2.42. The molecule has 0 unspecified atom stereocenters. The van der Waals surface area contributed by atoms with Crippen LogP contribution >= 0.6 is 11.6 Å². The Hall–Kier alpha value is -1.44. The van der Waals surface area contributed by atoms with Gasteiger partial charge in [0, 0.05) is 5.02 Å². The monoisotopic (exact) mass is 314 g/mol. The zero-order valence-corrected chi connectivity index (χ0v) is 11.8. The Morgan fingerprint density at radius 3 is 2.75 bits per heavy atom. The second kappa shape index (κ2) is 4.54. The Bertz CT molecular complexity index is 846. The van der Waals surface area contributed by atoms with E-state index in [0.29, 0.717) is 15.9 Å². The van der Waals surface area contributed by atoms with E-state index in [0.717, 1.165) is 0 Å². The first-order valence-corrected chi connectivity index (χ1v) is 8.12. The third-order valence-electron chi connectivity index (χ3n) is 3.40. The van der Waals surface area contributed by atoms with Gasteiger partial charge in [0.2, 0.25) is 0 Å². The number of sulfone groups is 1. The number of aliphatic hydroxyl groups excluding tert-OH is 1. The second-order valence-corrected chi connectivity index (χ2v) is 7.42. The molecule has 0 spiro atoms. The first-order chi connectivity index (χ1) is 9.37. The van der Waals surface area contributed by atoms with Gasteiger partial charge in [-0.3, -0.25) is 9.36 Å². The zero-order valence-electron chi connectivity index (χ0n) is 10.2. The van der Waals surface area contributed by atoms with Crippen molar-refractivity contribution in [3.63, 3.8) is 0 Å². The molecule has 1 aromatic carbocycles. The summed E-state index contributed by atoms with van der Waals surface area (Å²) in [5, 5.41) is 10.6. The SMILES string of the molecule is O=c1c2ccc(Cl)cc2ncn1[C@@H]1CS(=O)(=O)C[C@@H]1O. The molecule has 0 aliphatic carbocycles. The summed E-state index contributed by atoms with van der Waals surface area (Å²) in [7, 11) is -3.33. The fourth-order valence-corrected chi connectivity index (χ4v) is 4.37. The minimum Gasteiger partial charge on any atom is -0.390 e. The molecule has 1 N–H and O–H groups in total. The summed E-state index contributed by atoms with van der Waals surface area (Å²) in [6, 6.07) is 3.88. The van der Waals surface area contributed by atoms with E-state index < -0.39 is 22.0 Å². The van der Waals surface area contributed by atoms with Gasteiger partial charge in [0.15, 0.2) is 9.84 Å². The van der Waals surface area contributed by atoms with Crippen LogP contribution in [0.25, 0.3) is 10.9 Å². The highest BCUT2D eigenvalue weighted by atomic mass is 35.5. The van der Waals surface area contributed by atoms with Crippen molar-refractivity contribution in [2.45, 2.75) is 12.1 Å². The van der Waals surface area contributed by atoms with Gasteiger partial charge >= 0.3 is 0 Å². The number of aliphatic hydroxyl groups is 1. The minimum absolute atomic E-state index is 0.255. The molecule has 106 valence electrons. The molecule has 2 heterocycles. The molecular formula is C12H11ClN2O4S. The Morgan fingerprint density at radius 2 is 2.10 bits per heavy atom. The number of halogens is 1. The van der Waals surface area contributed by atoms with Gasteiger partial charge in [-0.15, -0.1) is 0 Å². The Labute approximate surface area is 119 Å². The Balaban J connectivity index is 2.16. The van der Waals surface area contributed by atoms with Crippen molar-refractivity contribution in [2.24, 2.45) is 0 Å². The zero-order chi connectivity index (χ0) is 14.5. The Morgan fingerprint density at radius 1 is 1.35 bits per heavy atom. The molecule has 20 heavy (non-hydrogen) atoms. The van der Waals surface area contributed by atoms with E-state index in [1.165, 1.54) is 10.9 Å². The lowest BCUT2D eigenvalue weighted by Gasteiger charge is -2.16. The molecule has 2 aromatic rings. The highest BCUT2D eigenvalue weighted by molar-refractivity contribution is 7.91. The van der Waals surface area contributed by atoms with Crippen molar-refractivity contribution >= 4 is 32.3 Å². The van der Waals surface area contributed by atoms with Crippen molar-refractivity contribution in [1.29, 1.82) is 0 Å². The van der Waals surface area contributed by atoms with Crippen molar-refractivity contribution in [2.75, 3.05) is 11.5 Å². The van der Waals surface area contributed by atoms with Crippen molar-refractivity contribution < 1.29 is 13.5 Å². The lowest BCUT2D eigenvalue weighted by Crippen LogP contribution is -2.31. The topological polar surface area (TPSA) is 89.3 Å². The summed E-state index contributed by atoms with van der Waals surface area (Å²) in [6.45, 7) is 0. The molecule has 1 aliphatic heterocycles. The van der Waals surface area contributed by atoms with E-state index in [1.807, 2.05) is 0 Å². The number of benzene rings is 1. The van der Waals surface area contributed by atoms with Gasteiger partial charge in [0.1, 0.15) is 0 Å². The molecular weight excluding hydrogens is 304 g/mol. The maximum absolute atomic E-state index is 12.4. The summed E-state index contributed by atoms with van der Waals surface area (Å²) >= 11 is 5.83. The molecule has 1 aromatic heterocycles. The van der Waals surface area contributed by atoms with Crippen LogP contribution in [0.2, 0.25) is 5.02 Å². The first-order valence-electron chi connectivity index (χ1n) is 5.92. The van der Waals surface area contributed by atoms with Crippen molar-refractivity contribution in [3.8, 4) is 0 Å². The van der Waals surface area contributed by atoms with Gasteiger partial charge in [0.25, 0.3) is 5.56 Å². The van der Waals surface area contributed by atoms with Crippen LogP contribution in [0, 0.1) is 0 Å². The molecule has 0 amide bonds. The lowest BCUT2D eigenvalue weighted by molar-refractivity contribution is 0.151. The van der Waals surface area contributed by atoms with E-state index in [1.54, 1.807) is 18.2 Å². The smallest absolute Gasteiger partial charge is 0.261 e. The first kappa shape index (κ1) is 13.5. The van der Waals surface area contributed by atoms with Crippen molar-refractivity contribution in [3.05, 3.63) is 39.9 Å². The molecule has 0 radical (unpaired) electrons. The molecule has 3 rings (SSSR count). The predicted molar refractivity (Wildman–Crippen MR) is 74.7 cm³/mol. The molecule has 0 bridgehead atoms. The van der Waals surface area contributed by atoms with Crippen molar-refractivity contribution in [1.82, 2.24) is 9.55 Å². The maximum Gasteiger partial charge on any atom is 0.261 e. The molecule has 0 saturated carbocycles. The molecule has 6 nitrogen and oxygen atoms in total.